The summed E-state index contributed by atoms with van der Waals surface area (Å²) in [4.78, 5) is 9.68. The zero-order chi connectivity index (χ0) is 38.4. The van der Waals surface area contributed by atoms with Crippen LogP contribution < -0.4 is 0 Å². The first-order valence-electron chi connectivity index (χ1n) is 19.4. The van der Waals surface area contributed by atoms with Crippen molar-refractivity contribution in [1.29, 1.82) is 0 Å². The van der Waals surface area contributed by atoms with Gasteiger partial charge < -0.3 is 14.0 Å². The maximum absolute atomic E-state index is 6.51. The topological polar surface area (TPSA) is 43.9 Å². The Hall–Kier alpha value is -7.13. The Kier molecular flexibility index (Phi) is 9.41. The summed E-state index contributed by atoms with van der Waals surface area (Å²) >= 11 is 0. The minimum Gasteiger partial charge on any atom is -0.481 e. The zero-order valence-corrected chi connectivity index (χ0v) is 33.9. The monoisotopic (exact) mass is 934 g/mol. The van der Waals surface area contributed by atoms with E-state index >= 15 is 0 Å². The van der Waals surface area contributed by atoms with Crippen LogP contribution in [0, 0.1) is 12.1 Å². The van der Waals surface area contributed by atoms with Gasteiger partial charge in [0.2, 0.25) is 0 Å². The van der Waals surface area contributed by atoms with Crippen LogP contribution in [-0.4, -0.2) is 14.5 Å². The number of hydrogen-bond acceptors (Lipinski definition) is 3. The van der Waals surface area contributed by atoms with Crippen LogP contribution in [0.3, 0.4) is 0 Å². The second kappa shape index (κ2) is 15.3. The second-order valence-electron chi connectivity index (χ2n) is 14.5. The van der Waals surface area contributed by atoms with Crippen molar-refractivity contribution < 1.29 is 25.5 Å². The van der Waals surface area contributed by atoms with Gasteiger partial charge in [-0.15, -0.1) is 42.0 Å². The first kappa shape index (κ1) is 36.2. The molecule has 0 atom stereocenters. The molecule has 4 nitrogen and oxygen atoms in total. The van der Waals surface area contributed by atoms with Crippen molar-refractivity contribution in [3.8, 4) is 72.9 Å². The summed E-state index contributed by atoms with van der Waals surface area (Å²) in [6, 6.07) is 75.1. The Morgan fingerprint density at radius 1 is 0.441 bits per heavy atom. The molecular weight excluding hydrogens is 902 g/mol. The Morgan fingerprint density at radius 3 is 1.71 bits per heavy atom. The molecule has 0 radical (unpaired) electrons. The number of para-hydroxylation sites is 1. The van der Waals surface area contributed by atoms with E-state index in [1.165, 1.54) is 22.3 Å². The molecule has 0 fully saturated rings. The number of pyridine rings is 1. The van der Waals surface area contributed by atoms with E-state index in [0.717, 1.165) is 77.7 Å². The summed E-state index contributed by atoms with van der Waals surface area (Å²) in [5, 5.41) is 2.22. The smallest absolute Gasteiger partial charge is 0.481 e. The van der Waals surface area contributed by atoms with E-state index in [-0.39, 0.29) is 21.1 Å². The fourth-order valence-electron chi connectivity index (χ4n) is 7.96. The fraction of sp³-hybridized carbons (Fsp3) is 0. The Bertz CT molecular complexity index is 3250. The molecule has 8 aromatic carbocycles. The third-order valence-corrected chi connectivity index (χ3v) is 10.9. The summed E-state index contributed by atoms with van der Waals surface area (Å²) in [7, 11) is 0. The van der Waals surface area contributed by atoms with Gasteiger partial charge in [-0.2, -0.15) is 0 Å². The molecule has 0 bridgehead atoms. The summed E-state index contributed by atoms with van der Waals surface area (Å²) in [5.41, 5.74) is 16.1. The van der Waals surface area contributed by atoms with Crippen molar-refractivity contribution in [2.75, 3.05) is 0 Å². The minimum atomic E-state index is 0. The van der Waals surface area contributed by atoms with Gasteiger partial charge in [-0.25, -0.2) is 0 Å². The van der Waals surface area contributed by atoms with Crippen LogP contribution in [0.4, 0.5) is 0 Å². The molecule has 0 aliphatic rings. The van der Waals surface area contributed by atoms with E-state index in [2.05, 4.69) is 174 Å². The average molecular weight is 935 g/mol. The van der Waals surface area contributed by atoms with Gasteiger partial charge in [0, 0.05) is 11.7 Å². The van der Waals surface area contributed by atoms with Crippen LogP contribution in [0.15, 0.2) is 205 Å². The van der Waals surface area contributed by atoms with E-state index in [4.69, 9.17) is 14.4 Å². The number of fused-ring (bicyclic) bond motifs is 4. The standard InChI is InChI=1S/C54H33N3O.Pt/c1-3-11-36(12-4-1)38-18-22-40(23-19-38)42-27-29-50-53(35-42)58-54(56-50)43-26-28-48-47-15-7-8-17-51(47)57(52(48)34-43)46-32-44(31-45(33-46)49-16-9-10-30-55-49)41-24-20-39(21-25-41)37-13-5-2-6-14-37;/h1-32,35H;/q-2;+2. The molecule has 0 spiro atoms. The zero-order valence-electron chi connectivity index (χ0n) is 31.6. The molecule has 5 heteroatoms. The third-order valence-electron chi connectivity index (χ3n) is 10.9. The number of oxazole rings is 1. The van der Waals surface area contributed by atoms with E-state index < -0.39 is 0 Å². The molecule has 11 aromatic rings. The minimum absolute atomic E-state index is 0. The van der Waals surface area contributed by atoms with Crippen LogP contribution >= 0.6 is 0 Å². The molecule has 3 heterocycles. The van der Waals surface area contributed by atoms with Crippen molar-refractivity contribution in [2.24, 2.45) is 0 Å². The van der Waals surface area contributed by atoms with Gasteiger partial charge in [-0.1, -0.05) is 162 Å². The summed E-state index contributed by atoms with van der Waals surface area (Å²) in [5.74, 6) is 0.524. The van der Waals surface area contributed by atoms with Crippen molar-refractivity contribution in [3.63, 3.8) is 0 Å². The molecule has 59 heavy (non-hydrogen) atoms. The molecule has 0 saturated heterocycles. The molecule has 0 amide bonds. The van der Waals surface area contributed by atoms with Gasteiger partial charge in [0.25, 0.3) is 0 Å². The van der Waals surface area contributed by atoms with Crippen LogP contribution in [0.2, 0.25) is 0 Å². The average Bonchev–Trinajstić information content (AvgIpc) is 3.89. The van der Waals surface area contributed by atoms with Crippen LogP contribution in [0.1, 0.15) is 0 Å². The van der Waals surface area contributed by atoms with Gasteiger partial charge >= 0.3 is 21.1 Å². The Labute approximate surface area is 356 Å². The summed E-state index contributed by atoms with van der Waals surface area (Å²) in [6.07, 6.45) is 1.83. The van der Waals surface area contributed by atoms with Crippen LogP contribution in [0.5, 0.6) is 0 Å². The van der Waals surface area contributed by atoms with E-state index in [1.54, 1.807) is 0 Å². The number of aromatic nitrogens is 3. The maximum atomic E-state index is 6.51. The van der Waals surface area contributed by atoms with Gasteiger partial charge in [-0.3, -0.25) is 4.98 Å². The largest absolute Gasteiger partial charge is 2.00 e. The maximum Gasteiger partial charge on any atom is 2.00 e. The van der Waals surface area contributed by atoms with E-state index in [0.29, 0.717) is 5.89 Å². The third kappa shape index (κ3) is 6.78. The first-order valence-corrected chi connectivity index (χ1v) is 19.4. The molecule has 280 valence electrons. The van der Waals surface area contributed by atoms with Crippen molar-refractivity contribution in [2.45, 2.75) is 0 Å². The van der Waals surface area contributed by atoms with Crippen LogP contribution in [-0.2, 0) is 21.1 Å². The normalized spacial score (nSPS) is 11.3. The number of rotatable bonds is 7. The summed E-state index contributed by atoms with van der Waals surface area (Å²) < 4.78 is 8.76. The Balaban J connectivity index is 0.00000420. The summed E-state index contributed by atoms with van der Waals surface area (Å²) in [6.45, 7) is 0. The first-order chi connectivity index (χ1) is 28.7. The van der Waals surface area contributed by atoms with E-state index in [9.17, 15) is 0 Å². The molecule has 0 saturated carbocycles. The van der Waals surface area contributed by atoms with Gasteiger partial charge in [0.05, 0.1) is 5.52 Å². The van der Waals surface area contributed by atoms with Gasteiger partial charge in [0.15, 0.2) is 0 Å². The molecular formula is C54H33N3OPt. The van der Waals surface area contributed by atoms with Crippen molar-refractivity contribution >= 4 is 32.9 Å². The number of benzene rings is 8. The number of hydrogen-bond donors (Lipinski definition) is 0. The molecule has 0 aliphatic carbocycles. The molecule has 0 N–H and O–H groups in total. The second-order valence-corrected chi connectivity index (χ2v) is 14.5. The van der Waals surface area contributed by atoms with Gasteiger partial charge in [0.1, 0.15) is 11.5 Å². The predicted molar refractivity (Wildman–Crippen MR) is 236 cm³/mol. The fourth-order valence-corrected chi connectivity index (χ4v) is 7.96. The Morgan fingerprint density at radius 2 is 1.03 bits per heavy atom. The quantitative estimate of drug-likeness (QED) is 0.150. The van der Waals surface area contributed by atoms with Gasteiger partial charge in [-0.05, 0) is 85.5 Å². The molecule has 11 rings (SSSR count). The van der Waals surface area contributed by atoms with Crippen LogP contribution in [0.25, 0.3) is 106 Å². The van der Waals surface area contributed by atoms with Crippen molar-refractivity contribution in [1.82, 2.24) is 14.5 Å². The van der Waals surface area contributed by atoms with Crippen molar-refractivity contribution in [3.05, 3.63) is 212 Å². The molecule has 0 unspecified atom stereocenters. The predicted octanol–water partition coefficient (Wildman–Crippen LogP) is 13.9. The number of nitrogens with zero attached hydrogens (tertiary/aromatic N) is 3. The molecule has 3 aromatic heterocycles. The SMILES string of the molecule is [Pt+2].[c-]1c(-c2ccccn2)cc(-c2ccc(-c3ccccc3)cc2)cc1-n1c2[c-]c(-c3nc4ccc(-c5ccc(-c6ccccc6)cc5)cc4o3)ccc2c2ccccc21. The van der Waals surface area contributed by atoms with E-state index in [1.807, 2.05) is 42.6 Å². The molecule has 0 aliphatic heterocycles.